The second-order valence-electron chi connectivity index (χ2n) is 6.23. The van der Waals surface area contributed by atoms with Crippen LogP contribution in [0.25, 0.3) is 10.7 Å². The molecule has 0 fully saturated rings. The van der Waals surface area contributed by atoms with E-state index in [0.717, 1.165) is 30.5 Å². The van der Waals surface area contributed by atoms with Crippen molar-refractivity contribution < 1.29 is 0 Å². The number of hydrogen-bond donors (Lipinski definition) is 1. The summed E-state index contributed by atoms with van der Waals surface area (Å²) in [6.45, 7) is 11.9. The van der Waals surface area contributed by atoms with Crippen LogP contribution in [0, 0.1) is 16.6 Å². The van der Waals surface area contributed by atoms with Gasteiger partial charge in [-0.15, -0.1) is 11.3 Å². The highest BCUT2D eigenvalue weighted by molar-refractivity contribution is 7.71. The van der Waals surface area contributed by atoms with Gasteiger partial charge >= 0.3 is 0 Å². The number of aromatic nitrogens is 3. The molecule has 1 N–H and O–H groups in total. The van der Waals surface area contributed by atoms with E-state index in [9.17, 15) is 0 Å². The fraction of sp³-hybridized carbons (Fsp3) is 0.600. The minimum Gasteiger partial charge on any atom is -0.284 e. The highest BCUT2D eigenvalue weighted by Gasteiger charge is 2.12. The molecule has 2 rings (SSSR count). The first-order valence-corrected chi connectivity index (χ1v) is 8.67. The van der Waals surface area contributed by atoms with Crippen LogP contribution < -0.4 is 0 Å². The monoisotopic (exact) mass is 324 g/mol. The standard InChI is InChI=1S/C15H24N4S2/c1-11(2)8-18(9-12(3)4)10-19-15(20)16-14(17-19)13-6-5-7-21-13/h5-7,11-12H,8-10H2,1-4H3,(H,16,17,20). The van der Waals surface area contributed by atoms with Crippen LogP contribution in [0.5, 0.6) is 0 Å². The van der Waals surface area contributed by atoms with Crippen LogP contribution in [0.1, 0.15) is 27.7 Å². The molecule has 0 saturated carbocycles. The Kier molecular flexibility index (Phi) is 5.72. The Morgan fingerprint density at radius 1 is 1.29 bits per heavy atom. The number of aromatic amines is 1. The molecule has 0 amide bonds. The summed E-state index contributed by atoms with van der Waals surface area (Å²) in [6.07, 6.45) is 0. The average Bonchev–Trinajstić information content (AvgIpc) is 2.98. The zero-order chi connectivity index (χ0) is 15.4. The molecule has 2 aromatic heterocycles. The minimum atomic E-state index is 0.621. The third kappa shape index (κ3) is 4.76. The zero-order valence-electron chi connectivity index (χ0n) is 13.2. The van der Waals surface area contributed by atoms with Crippen LogP contribution in [0.15, 0.2) is 17.5 Å². The molecule has 0 aromatic carbocycles. The Morgan fingerprint density at radius 2 is 1.95 bits per heavy atom. The fourth-order valence-corrected chi connectivity index (χ4v) is 3.26. The quantitative estimate of drug-likeness (QED) is 0.774. The van der Waals surface area contributed by atoms with Gasteiger partial charge in [0, 0.05) is 13.1 Å². The predicted molar refractivity (Wildman–Crippen MR) is 92.0 cm³/mol. The summed E-state index contributed by atoms with van der Waals surface area (Å²) in [6, 6.07) is 4.09. The van der Waals surface area contributed by atoms with E-state index in [1.807, 2.05) is 10.7 Å². The van der Waals surface area contributed by atoms with Crippen LogP contribution in [-0.2, 0) is 6.67 Å². The summed E-state index contributed by atoms with van der Waals surface area (Å²) in [4.78, 5) is 8.03. The molecule has 4 nitrogen and oxygen atoms in total. The number of nitrogens with zero attached hydrogens (tertiary/aromatic N) is 3. The van der Waals surface area contributed by atoms with Crippen LogP contribution >= 0.6 is 23.6 Å². The molecule has 0 aliphatic heterocycles. The van der Waals surface area contributed by atoms with Gasteiger partial charge in [0.2, 0.25) is 4.77 Å². The average molecular weight is 325 g/mol. The van der Waals surface area contributed by atoms with E-state index in [1.54, 1.807) is 11.3 Å². The van der Waals surface area contributed by atoms with E-state index in [0.29, 0.717) is 16.6 Å². The molecule has 0 unspecified atom stereocenters. The largest absolute Gasteiger partial charge is 0.284 e. The lowest BCUT2D eigenvalue weighted by atomic mass is 10.1. The Morgan fingerprint density at radius 3 is 2.48 bits per heavy atom. The molecule has 0 aliphatic rings. The maximum atomic E-state index is 5.39. The van der Waals surface area contributed by atoms with E-state index in [1.165, 1.54) is 0 Å². The van der Waals surface area contributed by atoms with E-state index in [4.69, 9.17) is 12.2 Å². The third-order valence-electron chi connectivity index (χ3n) is 3.02. The fourth-order valence-electron chi connectivity index (χ4n) is 2.40. The van der Waals surface area contributed by atoms with Crippen LogP contribution in [0.4, 0.5) is 0 Å². The first-order valence-electron chi connectivity index (χ1n) is 7.38. The van der Waals surface area contributed by atoms with Gasteiger partial charge in [0.15, 0.2) is 5.82 Å². The van der Waals surface area contributed by atoms with Gasteiger partial charge in [0.05, 0.1) is 11.5 Å². The number of thiophene rings is 1. The maximum Gasteiger partial charge on any atom is 0.217 e. The Bertz CT molecular complexity index is 585. The molecular formula is C15H24N4S2. The van der Waals surface area contributed by atoms with Gasteiger partial charge in [-0.05, 0) is 35.5 Å². The summed E-state index contributed by atoms with van der Waals surface area (Å²) >= 11 is 7.06. The van der Waals surface area contributed by atoms with Gasteiger partial charge in [0.25, 0.3) is 0 Å². The molecule has 2 aromatic rings. The van der Waals surface area contributed by atoms with Gasteiger partial charge in [-0.1, -0.05) is 33.8 Å². The third-order valence-corrected chi connectivity index (χ3v) is 4.21. The Hall–Kier alpha value is -0.980. The van der Waals surface area contributed by atoms with Crippen molar-refractivity contribution in [1.29, 1.82) is 0 Å². The maximum absolute atomic E-state index is 5.39. The first kappa shape index (κ1) is 16.4. The van der Waals surface area contributed by atoms with Gasteiger partial charge < -0.3 is 0 Å². The number of hydrogen-bond acceptors (Lipinski definition) is 4. The van der Waals surface area contributed by atoms with Gasteiger partial charge in [-0.2, -0.15) is 4.98 Å². The van der Waals surface area contributed by atoms with Crippen molar-refractivity contribution in [2.75, 3.05) is 13.1 Å². The van der Waals surface area contributed by atoms with Crippen molar-refractivity contribution in [2.24, 2.45) is 11.8 Å². The molecular weight excluding hydrogens is 300 g/mol. The Labute approximate surface area is 135 Å². The Balaban J connectivity index is 2.15. The van der Waals surface area contributed by atoms with Crippen LogP contribution in [0.3, 0.4) is 0 Å². The van der Waals surface area contributed by atoms with Crippen molar-refractivity contribution in [1.82, 2.24) is 19.7 Å². The molecule has 0 bridgehead atoms. The number of H-pyrrole nitrogens is 1. The van der Waals surface area contributed by atoms with E-state index in [-0.39, 0.29) is 0 Å². The highest BCUT2D eigenvalue weighted by Crippen LogP contribution is 2.20. The second kappa shape index (κ2) is 7.33. The molecule has 0 radical (unpaired) electrons. The second-order valence-corrected chi connectivity index (χ2v) is 7.54. The van der Waals surface area contributed by atoms with Crippen molar-refractivity contribution in [2.45, 2.75) is 34.4 Å². The summed E-state index contributed by atoms with van der Waals surface area (Å²) in [7, 11) is 0. The van der Waals surface area contributed by atoms with Gasteiger partial charge in [0.1, 0.15) is 0 Å². The highest BCUT2D eigenvalue weighted by atomic mass is 32.1. The van der Waals surface area contributed by atoms with Gasteiger partial charge in [-0.3, -0.25) is 10.00 Å². The zero-order valence-corrected chi connectivity index (χ0v) is 14.8. The smallest absolute Gasteiger partial charge is 0.217 e. The summed E-state index contributed by atoms with van der Waals surface area (Å²) < 4.78 is 2.59. The van der Waals surface area contributed by atoms with Gasteiger partial charge in [-0.25, -0.2) is 4.68 Å². The van der Waals surface area contributed by atoms with Crippen molar-refractivity contribution in [3.63, 3.8) is 0 Å². The van der Waals surface area contributed by atoms with Crippen molar-refractivity contribution in [3.8, 4) is 10.7 Å². The summed E-state index contributed by atoms with van der Waals surface area (Å²) in [5, 5.41) is 5.38. The van der Waals surface area contributed by atoms with E-state index in [2.05, 4.69) is 54.1 Å². The molecule has 0 atom stereocenters. The molecule has 0 saturated heterocycles. The van der Waals surface area contributed by atoms with Crippen LogP contribution in [0.2, 0.25) is 0 Å². The minimum absolute atomic E-state index is 0.621. The van der Waals surface area contributed by atoms with Crippen LogP contribution in [-0.4, -0.2) is 32.8 Å². The number of rotatable bonds is 7. The summed E-state index contributed by atoms with van der Waals surface area (Å²) in [5.41, 5.74) is 0. The lowest BCUT2D eigenvalue weighted by molar-refractivity contribution is 0.165. The predicted octanol–water partition coefficient (Wildman–Crippen LogP) is 4.24. The SMILES string of the molecule is CC(C)CN(CC(C)C)Cn1[nH]c(-c2cccs2)nc1=S. The van der Waals surface area contributed by atoms with Crippen molar-refractivity contribution >= 4 is 23.6 Å². The van der Waals surface area contributed by atoms with Crippen molar-refractivity contribution in [3.05, 3.63) is 22.3 Å². The molecule has 0 aliphatic carbocycles. The lowest BCUT2D eigenvalue weighted by Crippen LogP contribution is -2.33. The molecule has 116 valence electrons. The molecule has 0 spiro atoms. The molecule has 6 heteroatoms. The molecule has 21 heavy (non-hydrogen) atoms. The first-order chi connectivity index (χ1) is 9.95. The van der Waals surface area contributed by atoms with E-state index >= 15 is 0 Å². The topological polar surface area (TPSA) is 36.9 Å². The van der Waals surface area contributed by atoms with E-state index < -0.39 is 0 Å². The lowest BCUT2D eigenvalue weighted by Gasteiger charge is -2.25. The normalized spacial score (nSPS) is 12.0. The molecule has 2 heterocycles. The number of nitrogens with one attached hydrogen (secondary N) is 1. The summed E-state index contributed by atoms with van der Waals surface area (Å²) in [5.74, 6) is 2.14.